The van der Waals surface area contributed by atoms with Crippen LogP contribution in [0.3, 0.4) is 0 Å². The van der Waals surface area contributed by atoms with Gasteiger partial charge in [0.05, 0.1) is 35.9 Å². The Kier molecular flexibility index (Phi) is 3.41. The molecule has 4 rings (SSSR count). The second kappa shape index (κ2) is 5.50. The first kappa shape index (κ1) is 15.5. The minimum atomic E-state index is -1.39. The molecule has 1 aromatic heterocycles. The van der Waals surface area contributed by atoms with E-state index in [4.69, 9.17) is 5.26 Å². The minimum Gasteiger partial charge on any atom is -0.379 e. The predicted molar refractivity (Wildman–Crippen MR) is 85.5 cm³/mol. The first-order valence-electron chi connectivity index (χ1n) is 7.73. The number of hydrogen-bond acceptors (Lipinski definition) is 3. The van der Waals surface area contributed by atoms with Crippen LogP contribution in [0, 0.1) is 23.0 Å². The third kappa shape index (κ3) is 2.32. The molecule has 0 saturated carbocycles. The molecule has 2 aromatic carbocycles. The zero-order valence-corrected chi connectivity index (χ0v) is 13.0. The molecule has 0 radical (unpaired) electrons. The quantitative estimate of drug-likeness (QED) is 0.781. The van der Waals surface area contributed by atoms with E-state index in [1.807, 2.05) is 6.07 Å². The number of imidazole rings is 1. The van der Waals surface area contributed by atoms with Gasteiger partial charge in [-0.15, -0.1) is 0 Å². The standard InChI is InChI=1S/C19H13F2N3O/c20-14-4-2-13(3-5-14)19(25)8-17(24-11-23-10-18(19)24)15-6-1-12(9-22)7-16(15)21/h1-7,10-11,17,25H,8H2/t17-,19+/m1/s1. The van der Waals surface area contributed by atoms with Crippen molar-refractivity contribution in [2.45, 2.75) is 18.1 Å². The summed E-state index contributed by atoms with van der Waals surface area (Å²) in [4.78, 5) is 4.08. The normalized spacial score (nSPS) is 21.8. The van der Waals surface area contributed by atoms with Crippen molar-refractivity contribution < 1.29 is 13.9 Å². The highest BCUT2D eigenvalue weighted by Gasteiger charge is 2.45. The van der Waals surface area contributed by atoms with E-state index in [9.17, 15) is 13.9 Å². The van der Waals surface area contributed by atoms with Crippen LogP contribution in [0.5, 0.6) is 0 Å². The summed E-state index contributed by atoms with van der Waals surface area (Å²) in [5, 5.41) is 20.2. The molecule has 2 atom stereocenters. The average molecular weight is 337 g/mol. The van der Waals surface area contributed by atoms with Gasteiger partial charge in [-0.3, -0.25) is 0 Å². The number of aliphatic hydroxyl groups is 1. The summed E-state index contributed by atoms with van der Waals surface area (Å²) in [5.41, 5.74) is 0.255. The van der Waals surface area contributed by atoms with Crippen LogP contribution in [-0.4, -0.2) is 14.7 Å². The van der Waals surface area contributed by atoms with E-state index in [1.165, 1.54) is 36.5 Å². The lowest BCUT2D eigenvalue weighted by atomic mass is 9.86. The summed E-state index contributed by atoms with van der Waals surface area (Å²) in [6, 6.07) is 11.3. The minimum absolute atomic E-state index is 0.194. The number of aromatic nitrogens is 2. The fourth-order valence-electron chi connectivity index (χ4n) is 3.47. The summed E-state index contributed by atoms with van der Waals surface area (Å²) in [5.74, 6) is -0.902. The van der Waals surface area contributed by atoms with E-state index in [1.54, 1.807) is 23.0 Å². The monoisotopic (exact) mass is 337 g/mol. The van der Waals surface area contributed by atoms with Gasteiger partial charge in [0.15, 0.2) is 0 Å². The van der Waals surface area contributed by atoms with Crippen LogP contribution >= 0.6 is 0 Å². The van der Waals surface area contributed by atoms with Crippen molar-refractivity contribution in [3.8, 4) is 6.07 Å². The Morgan fingerprint density at radius 2 is 1.96 bits per heavy atom. The second-order valence-electron chi connectivity index (χ2n) is 6.12. The zero-order valence-electron chi connectivity index (χ0n) is 13.0. The molecule has 0 amide bonds. The molecule has 1 aliphatic heterocycles. The molecule has 4 nitrogen and oxygen atoms in total. The van der Waals surface area contributed by atoms with E-state index in [2.05, 4.69) is 4.98 Å². The third-order valence-corrected chi connectivity index (χ3v) is 4.72. The summed E-state index contributed by atoms with van der Waals surface area (Å²) in [7, 11) is 0. The Balaban J connectivity index is 1.81. The largest absolute Gasteiger partial charge is 0.379 e. The number of hydrogen-bond donors (Lipinski definition) is 1. The van der Waals surface area contributed by atoms with Gasteiger partial charge in [0.25, 0.3) is 0 Å². The summed E-state index contributed by atoms with van der Waals surface area (Å²) >= 11 is 0. The molecule has 0 aliphatic carbocycles. The van der Waals surface area contributed by atoms with Crippen LogP contribution < -0.4 is 0 Å². The summed E-state index contributed by atoms with van der Waals surface area (Å²) in [6.45, 7) is 0. The maximum atomic E-state index is 14.5. The highest BCUT2D eigenvalue weighted by atomic mass is 19.1. The van der Waals surface area contributed by atoms with Gasteiger partial charge in [0, 0.05) is 12.0 Å². The Hall–Kier alpha value is -3.04. The molecule has 0 saturated heterocycles. The average Bonchev–Trinajstić information content (AvgIpc) is 3.19. The van der Waals surface area contributed by atoms with Crippen molar-refractivity contribution >= 4 is 0 Å². The summed E-state index contributed by atoms with van der Waals surface area (Å²) < 4.78 is 29.4. The maximum absolute atomic E-state index is 14.5. The third-order valence-electron chi connectivity index (χ3n) is 4.72. The number of fused-ring (bicyclic) bond motifs is 1. The Labute approximate surface area is 142 Å². The highest BCUT2D eigenvalue weighted by molar-refractivity contribution is 5.40. The molecule has 6 heteroatoms. The Morgan fingerprint density at radius 3 is 2.64 bits per heavy atom. The summed E-state index contributed by atoms with van der Waals surface area (Å²) in [6.07, 6.45) is 3.27. The SMILES string of the molecule is N#Cc1ccc([C@H]2C[C@](O)(c3ccc(F)cc3)c3cncn32)c(F)c1. The van der Waals surface area contributed by atoms with E-state index in [0.29, 0.717) is 16.8 Å². The number of nitriles is 1. The van der Waals surface area contributed by atoms with Crippen LogP contribution in [0.15, 0.2) is 55.0 Å². The number of halogens is 2. The van der Waals surface area contributed by atoms with Crippen LogP contribution in [0.4, 0.5) is 8.78 Å². The van der Waals surface area contributed by atoms with Crippen LogP contribution in [0.25, 0.3) is 0 Å². The van der Waals surface area contributed by atoms with Gasteiger partial charge in [0.1, 0.15) is 17.2 Å². The lowest BCUT2D eigenvalue weighted by Crippen LogP contribution is -2.24. The van der Waals surface area contributed by atoms with Crippen LogP contribution in [0.1, 0.15) is 34.8 Å². The first-order chi connectivity index (χ1) is 12.0. The molecule has 0 spiro atoms. The van der Waals surface area contributed by atoms with Gasteiger partial charge < -0.3 is 9.67 Å². The van der Waals surface area contributed by atoms with Gasteiger partial charge in [0.2, 0.25) is 0 Å². The molecule has 124 valence electrons. The number of rotatable bonds is 2. The van der Waals surface area contributed by atoms with Gasteiger partial charge >= 0.3 is 0 Å². The fourth-order valence-corrected chi connectivity index (χ4v) is 3.47. The molecule has 1 N–H and O–H groups in total. The van der Waals surface area contributed by atoms with Crippen LogP contribution in [-0.2, 0) is 5.60 Å². The van der Waals surface area contributed by atoms with Crippen molar-refractivity contribution in [3.05, 3.63) is 89.0 Å². The topological polar surface area (TPSA) is 61.8 Å². The van der Waals surface area contributed by atoms with E-state index in [0.717, 1.165) is 0 Å². The van der Waals surface area contributed by atoms with E-state index >= 15 is 0 Å². The van der Waals surface area contributed by atoms with E-state index in [-0.39, 0.29) is 12.0 Å². The van der Waals surface area contributed by atoms with Gasteiger partial charge in [-0.2, -0.15) is 5.26 Å². The molecule has 0 unspecified atom stereocenters. The molecule has 1 aliphatic rings. The van der Waals surface area contributed by atoms with Gasteiger partial charge in [-0.1, -0.05) is 18.2 Å². The first-order valence-corrected chi connectivity index (χ1v) is 7.73. The lowest BCUT2D eigenvalue weighted by molar-refractivity contribution is 0.0792. The van der Waals surface area contributed by atoms with Crippen molar-refractivity contribution in [2.75, 3.05) is 0 Å². The Morgan fingerprint density at radius 1 is 1.20 bits per heavy atom. The molecular weight excluding hydrogens is 324 g/mol. The second-order valence-corrected chi connectivity index (χ2v) is 6.12. The molecule has 2 heterocycles. The van der Waals surface area contributed by atoms with Crippen molar-refractivity contribution in [3.63, 3.8) is 0 Å². The van der Waals surface area contributed by atoms with Crippen LogP contribution in [0.2, 0.25) is 0 Å². The highest BCUT2D eigenvalue weighted by Crippen LogP contribution is 2.46. The number of benzene rings is 2. The van der Waals surface area contributed by atoms with Crippen molar-refractivity contribution in [1.82, 2.24) is 9.55 Å². The zero-order chi connectivity index (χ0) is 17.6. The van der Waals surface area contributed by atoms with Gasteiger partial charge in [-0.05, 0) is 29.8 Å². The smallest absolute Gasteiger partial charge is 0.133 e. The van der Waals surface area contributed by atoms with E-state index < -0.39 is 23.3 Å². The van der Waals surface area contributed by atoms with Crippen molar-refractivity contribution in [2.24, 2.45) is 0 Å². The molecule has 0 bridgehead atoms. The predicted octanol–water partition coefficient (Wildman–Crippen LogP) is 3.26. The Bertz CT molecular complexity index is 991. The molecule has 0 fully saturated rings. The lowest BCUT2D eigenvalue weighted by Gasteiger charge is -2.23. The number of nitrogens with zero attached hydrogens (tertiary/aromatic N) is 3. The fraction of sp³-hybridized carbons (Fsp3) is 0.158. The molecular formula is C19H13F2N3O. The van der Waals surface area contributed by atoms with Crippen molar-refractivity contribution in [1.29, 1.82) is 5.26 Å². The van der Waals surface area contributed by atoms with Gasteiger partial charge in [-0.25, -0.2) is 13.8 Å². The molecule has 3 aromatic rings. The maximum Gasteiger partial charge on any atom is 0.133 e. The molecule has 25 heavy (non-hydrogen) atoms.